The average Bonchev–Trinajstić information content (AvgIpc) is 3.32. The lowest BCUT2D eigenvalue weighted by Gasteiger charge is -2.26. The van der Waals surface area contributed by atoms with E-state index < -0.39 is 6.03 Å². The molecule has 4 aromatic rings. The van der Waals surface area contributed by atoms with Crippen LogP contribution >= 0.6 is 36.2 Å². The number of fused-ring (bicyclic) bond motifs is 3. The van der Waals surface area contributed by atoms with Gasteiger partial charge in [-0.1, -0.05) is 23.5 Å². The van der Waals surface area contributed by atoms with E-state index in [1.807, 2.05) is 36.5 Å². The minimum absolute atomic E-state index is 0. The molecule has 5 rings (SSSR count). The maximum Gasteiger partial charge on any atom is 0.316 e. The van der Waals surface area contributed by atoms with Crippen molar-refractivity contribution in [2.75, 3.05) is 44.8 Å². The maximum absolute atomic E-state index is 11.0. The van der Waals surface area contributed by atoms with Crippen molar-refractivity contribution in [3.63, 3.8) is 0 Å². The van der Waals surface area contributed by atoms with Crippen molar-refractivity contribution in [1.29, 1.82) is 0 Å². The number of amides is 2. The monoisotopic (exact) mass is 509 g/mol. The number of hydrogen-bond donors (Lipinski definition) is 2. The van der Waals surface area contributed by atoms with E-state index in [-0.39, 0.29) is 24.8 Å². The van der Waals surface area contributed by atoms with Gasteiger partial charge in [-0.15, -0.1) is 24.8 Å². The Morgan fingerprint density at radius 2 is 1.91 bits per heavy atom. The summed E-state index contributed by atoms with van der Waals surface area (Å²) in [6.45, 7) is 5.12. The number of aromatic nitrogens is 2. The highest BCUT2D eigenvalue weighted by Crippen LogP contribution is 2.32. The number of morpholine rings is 1. The van der Waals surface area contributed by atoms with Crippen LogP contribution in [0.25, 0.3) is 26.4 Å². The predicted octanol–water partition coefficient (Wildman–Crippen LogP) is 4.26. The van der Waals surface area contributed by atoms with Gasteiger partial charge in [-0.05, 0) is 30.3 Å². The standard InChI is InChI=1S/C22H23N5O3S.2ClH/c23-21(28)24-16-3-1-15(2-4-16)18-14-27-19-6-5-17(13-20(19)31-22(27)25-18)30-12-9-26-7-10-29-11-8-26;;/h1-6,13-14H,7-12H2,(H3,23,24,28);2*1H. The molecule has 2 aromatic heterocycles. The second kappa shape index (κ2) is 11.0. The fourth-order valence-corrected chi connectivity index (χ4v) is 4.73. The normalized spacial score (nSPS) is 13.9. The number of carbonyl (C=O) groups is 1. The van der Waals surface area contributed by atoms with Gasteiger partial charge in [-0.3, -0.25) is 9.30 Å². The maximum atomic E-state index is 11.0. The van der Waals surface area contributed by atoms with Crippen molar-refractivity contribution >= 4 is 63.0 Å². The van der Waals surface area contributed by atoms with Crippen LogP contribution in [0.1, 0.15) is 0 Å². The molecular weight excluding hydrogens is 485 g/mol. The molecule has 1 saturated heterocycles. The van der Waals surface area contributed by atoms with Gasteiger partial charge in [0.2, 0.25) is 0 Å². The van der Waals surface area contributed by atoms with Gasteiger partial charge in [0, 0.05) is 37.1 Å². The predicted molar refractivity (Wildman–Crippen MR) is 136 cm³/mol. The summed E-state index contributed by atoms with van der Waals surface area (Å²) in [7, 11) is 0. The van der Waals surface area contributed by atoms with Crippen LogP contribution in [0.5, 0.6) is 5.75 Å². The Balaban J connectivity index is 0.00000153. The molecule has 3 heterocycles. The minimum Gasteiger partial charge on any atom is -0.492 e. The number of primary amides is 1. The number of rotatable bonds is 6. The molecule has 33 heavy (non-hydrogen) atoms. The zero-order valence-corrected chi connectivity index (χ0v) is 20.2. The number of hydrogen-bond acceptors (Lipinski definition) is 6. The molecule has 176 valence electrons. The van der Waals surface area contributed by atoms with Crippen LogP contribution in [-0.4, -0.2) is 59.8 Å². The van der Waals surface area contributed by atoms with E-state index in [1.54, 1.807) is 11.3 Å². The van der Waals surface area contributed by atoms with Crippen LogP contribution in [-0.2, 0) is 4.74 Å². The zero-order valence-electron chi connectivity index (χ0n) is 17.7. The van der Waals surface area contributed by atoms with Gasteiger partial charge in [0.25, 0.3) is 0 Å². The smallest absolute Gasteiger partial charge is 0.316 e. The third-order valence-electron chi connectivity index (χ3n) is 5.29. The molecule has 1 fully saturated rings. The Hall–Kier alpha value is -2.56. The summed E-state index contributed by atoms with van der Waals surface area (Å²) < 4.78 is 14.6. The fourth-order valence-electron chi connectivity index (χ4n) is 3.69. The van der Waals surface area contributed by atoms with E-state index in [0.717, 1.165) is 65.0 Å². The van der Waals surface area contributed by atoms with Crippen molar-refractivity contribution in [1.82, 2.24) is 14.3 Å². The summed E-state index contributed by atoms with van der Waals surface area (Å²) in [4.78, 5) is 19.0. The largest absolute Gasteiger partial charge is 0.492 e. The van der Waals surface area contributed by atoms with Crippen LogP contribution in [0, 0.1) is 0 Å². The summed E-state index contributed by atoms with van der Waals surface area (Å²) in [5.41, 5.74) is 8.77. The van der Waals surface area contributed by atoms with E-state index >= 15 is 0 Å². The molecule has 0 bridgehead atoms. The van der Waals surface area contributed by atoms with Crippen LogP contribution in [0.3, 0.4) is 0 Å². The Kier molecular flexibility index (Phi) is 8.39. The topological polar surface area (TPSA) is 94.1 Å². The van der Waals surface area contributed by atoms with Gasteiger partial charge in [-0.2, -0.15) is 0 Å². The fraction of sp³-hybridized carbons (Fsp3) is 0.273. The summed E-state index contributed by atoms with van der Waals surface area (Å²) in [5.74, 6) is 0.878. The Morgan fingerprint density at radius 3 is 2.64 bits per heavy atom. The number of benzene rings is 2. The van der Waals surface area contributed by atoms with Gasteiger partial charge in [-0.25, -0.2) is 9.78 Å². The SMILES string of the molecule is Cl.Cl.NC(=O)Nc1ccc(-c2cn3c(n2)sc2cc(OCCN4CCOCC4)ccc23)cc1. The summed E-state index contributed by atoms with van der Waals surface area (Å²) >= 11 is 1.64. The van der Waals surface area contributed by atoms with E-state index in [4.69, 9.17) is 20.2 Å². The molecule has 8 nitrogen and oxygen atoms in total. The number of urea groups is 1. The third-order valence-corrected chi connectivity index (χ3v) is 6.31. The van der Waals surface area contributed by atoms with Crippen LogP contribution in [0.15, 0.2) is 48.7 Å². The third kappa shape index (κ3) is 5.69. The average molecular weight is 510 g/mol. The molecule has 1 aliphatic heterocycles. The first-order valence-corrected chi connectivity index (χ1v) is 11.0. The molecule has 0 saturated carbocycles. The number of nitrogens with one attached hydrogen (secondary N) is 1. The highest BCUT2D eigenvalue weighted by molar-refractivity contribution is 7.23. The van der Waals surface area contributed by atoms with Gasteiger partial charge < -0.3 is 20.5 Å². The zero-order chi connectivity index (χ0) is 21.2. The minimum atomic E-state index is -0.578. The number of anilines is 1. The number of imidazole rings is 1. The Labute approximate surface area is 207 Å². The first-order valence-electron chi connectivity index (χ1n) is 10.2. The molecule has 0 aliphatic carbocycles. The van der Waals surface area contributed by atoms with E-state index in [2.05, 4.69) is 26.8 Å². The van der Waals surface area contributed by atoms with Gasteiger partial charge in [0.1, 0.15) is 12.4 Å². The van der Waals surface area contributed by atoms with Crippen molar-refractivity contribution in [3.8, 4) is 17.0 Å². The number of carbonyl (C=O) groups excluding carboxylic acids is 1. The quantitative estimate of drug-likeness (QED) is 0.404. The Bertz CT molecular complexity index is 1220. The summed E-state index contributed by atoms with van der Waals surface area (Å²) in [6.07, 6.45) is 2.03. The van der Waals surface area contributed by atoms with Crippen molar-refractivity contribution in [3.05, 3.63) is 48.7 Å². The van der Waals surface area contributed by atoms with E-state index in [1.165, 1.54) is 0 Å². The number of nitrogens with two attached hydrogens (primary N) is 1. The highest BCUT2D eigenvalue weighted by atomic mass is 35.5. The number of halogens is 2. The lowest BCUT2D eigenvalue weighted by molar-refractivity contribution is 0.0322. The lowest BCUT2D eigenvalue weighted by atomic mass is 10.1. The van der Waals surface area contributed by atoms with Crippen molar-refractivity contribution in [2.45, 2.75) is 0 Å². The first-order chi connectivity index (χ1) is 15.2. The molecular formula is C22H25Cl2N5O3S. The van der Waals surface area contributed by atoms with Crippen molar-refractivity contribution < 1.29 is 14.3 Å². The Morgan fingerprint density at radius 1 is 1.15 bits per heavy atom. The second-order valence-electron chi connectivity index (χ2n) is 7.38. The number of thiazole rings is 1. The molecule has 3 N–H and O–H groups in total. The van der Waals surface area contributed by atoms with Crippen molar-refractivity contribution in [2.24, 2.45) is 5.73 Å². The highest BCUT2D eigenvalue weighted by Gasteiger charge is 2.13. The molecule has 0 spiro atoms. The van der Waals surface area contributed by atoms with Crippen LogP contribution in [0.4, 0.5) is 10.5 Å². The lowest BCUT2D eigenvalue weighted by Crippen LogP contribution is -2.38. The van der Waals surface area contributed by atoms with Crippen LogP contribution < -0.4 is 15.8 Å². The molecule has 11 heteroatoms. The van der Waals surface area contributed by atoms with Crippen LogP contribution in [0.2, 0.25) is 0 Å². The first kappa shape index (κ1) is 25.1. The van der Waals surface area contributed by atoms with Gasteiger partial charge in [0.15, 0.2) is 4.96 Å². The van der Waals surface area contributed by atoms with E-state index in [0.29, 0.717) is 12.3 Å². The molecule has 0 unspecified atom stereocenters. The molecule has 1 aliphatic rings. The molecule has 2 amide bonds. The number of nitrogens with zero attached hydrogens (tertiary/aromatic N) is 3. The summed E-state index contributed by atoms with van der Waals surface area (Å²) in [5, 5.41) is 2.56. The van der Waals surface area contributed by atoms with Gasteiger partial charge in [0.05, 0.1) is 29.1 Å². The molecule has 0 atom stereocenters. The summed E-state index contributed by atoms with van der Waals surface area (Å²) in [6, 6.07) is 13.1. The second-order valence-corrected chi connectivity index (χ2v) is 8.39. The van der Waals surface area contributed by atoms with E-state index in [9.17, 15) is 4.79 Å². The molecule has 0 radical (unpaired) electrons. The number of ether oxygens (including phenoxy) is 2. The van der Waals surface area contributed by atoms with Gasteiger partial charge >= 0.3 is 6.03 Å². The molecule has 2 aromatic carbocycles.